The van der Waals surface area contributed by atoms with Gasteiger partial charge < -0.3 is 9.15 Å². The molecule has 0 atom stereocenters. The van der Waals surface area contributed by atoms with Crippen molar-refractivity contribution in [2.24, 2.45) is 0 Å². The molecule has 0 aliphatic rings. The van der Waals surface area contributed by atoms with Gasteiger partial charge in [-0.2, -0.15) is 0 Å². The Kier molecular flexibility index (Phi) is 4.65. The minimum Gasteiger partial charge on any atom is -0.487 e. The average Bonchev–Trinajstić information content (AvgIpc) is 3.15. The molecule has 0 saturated heterocycles. The van der Waals surface area contributed by atoms with Crippen LogP contribution in [0.2, 0.25) is 0 Å². The SMILES string of the molecule is FC(F)c1ocnc1Cn1cc(COc2cccc(Br)c2)nn1. The summed E-state index contributed by atoms with van der Waals surface area (Å²) >= 11 is 3.35. The van der Waals surface area contributed by atoms with Gasteiger partial charge in [-0.3, -0.25) is 0 Å². The maximum atomic E-state index is 12.7. The third-order valence-corrected chi connectivity index (χ3v) is 3.44. The van der Waals surface area contributed by atoms with Crippen molar-refractivity contribution in [2.45, 2.75) is 19.6 Å². The number of benzene rings is 1. The van der Waals surface area contributed by atoms with Crippen LogP contribution in [0.5, 0.6) is 5.75 Å². The Hall–Kier alpha value is -2.29. The van der Waals surface area contributed by atoms with E-state index >= 15 is 0 Å². The second kappa shape index (κ2) is 6.86. The minimum atomic E-state index is -2.71. The third kappa shape index (κ3) is 3.92. The maximum Gasteiger partial charge on any atom is 0.297 e. The molecular formula is C14H11BrF2N4O2. The van der Waals surface area contributed by atoms with Crippen LogP contribution in [0, 0.1) is 0 Å². The molecule has 0 fully saturated rings. The largest absolute Gasteiger partial charge is 0.487 e. The molecule has 0 spiro atoms. The van der Waals surface area contributed by atoms with Crippen molar-refractivity contribution in [1.82, 2.24) is 20.0 Å². The third-order valence-electron chi connectivity index (χ3n) is 2.95. The Morgan fingerprint density at radius 3 is 3.00 bits per heavy atom. The first-order valence-corrected chi connectivity index (χ1v) is 7.39. The molecule has 2 heterocycles. The van der Waals surface area contributed by atoms with Crippen LogP contribution in [-0.4, -0.2) is 20.0 Å². The highest BCUT2D eigenvalue weighted by molar-refractivity contribution is 9.10. The van der Waals surface area contributed by atoms with E-state index in [0.717, 1.165) is 10.9 Å². The summed E-state index contributed by atoms with van der Waals surface area (Å²) in [5, 5.41) is 7.81. The molecule has 9 heteroatoms. The van der Waals surface area contributed by atoms with Crippen LogP contribution in [0.25, 0.3) is 0 Å². The van der Waals surface area contributed by atoms with Crippen molar-refractivity contribution >= 4 is 15.9 Å². The molecule has 0 bridgehead atoms. The lowest BCUT2D eigenvalue weighted by Gasteiger charge is -2.03. The van der Waals surface area contributed by atoms with Crippen molar-refractivity contribution in [3.05, 3.63) is 58.5 Å². The summed E-state index contributed by atoms with van der Waals surface area (Å²) in [6, 6.07) is 7.39. The average molecular weight is 385 g/mol. The van der Waals surface area contributed by atoms with Gasteiger partial charge in [0.05, 0.1) is 12.7 Å². The van der Waals surface area contributed by atoms with Crippen LogP contribution in [0.15, 0.2) is 45.7 Å². The van der Waals surface area contributed by atoms with E-state index in [0.29, 0.717) is 11.4 Å². The Labute approximate surface area is 138 Å². The molecule has 3 aromatic rings. The molecule has 0 amide bonds. The van der Waals surface area contributed by atoms with Gasteiger partial charge in [0.25, 0.3) is 6.43 Å². The topological polar surface area (TPSA) is 66.0 Å². The van der Waals surface area contributed by atoms with E-state index in [2.05, 4.69) is 35.6 Å². The number of aromatic nitrogens is 4. The Balaban J connectivity index is 1.63. The maximum absolute atomic E-state index is 12.7. The van der Waals surface area contributed by atoms with Crippen LogP contribution in [0.1, 0.15) is 23.6 Å². The first-order valence-electron chi connectivity index (χ1n) is 6.59. The van der Waals surface area contributed by atoms with Crippen molar-refractivity contribution < 1.29 is 17.9 Å². The summed E-state index contributed by atoms with van der Waals surface area (Å²) in [6.07, 6.45) is -0.109. The lowest BCUT2D eigenvalue weighted by Crippen LogP contribution is -2.03. The fourth-order valence-electron chi connectivity index (χ4n) is 1.92. The number of alkyl halides is 2. The van der Waals surface area contributed by atoms with Gasteiger partial charge in [0, 0.05) is 4.47 Å². The van der Waals surface area contributed by atoms with E-state index in [4.69, 9.17) is 4.74 Å². The lowest BCUT2D eigenvalue weighted by atomic mass is 10.3. The summed E-state index contributed by atoms with van der Waals surface area (Å²) in [5.74, 6) is 0.234. The molecule has 0 saturated carbocycles. The molecule has 2 aromatic heterocycles. The number of halogens is 3. The van der Waals surface area contributed by atoms with E-state index in [-0.39, 0.29) is 18.8 Å². The second-order valence-corrected chi connectivity index (χ2v) is 5.53. The van der Waals surface area contributed by atoms with Gasteiger partial charge in [0.2, 0.25) is 0 Å². The number of nitrogens with zero attached hydrogens (tertiary/aromatic N) is 4. The Bertz CT molecular complexity index is 790. The monoisotopic (exact) mass is 384 g/mol. The summed E-state index contributed by atoms with van der Waals surface area (Å²) < 4.78 is 38.0. The van der Waals surface area contributed by atoms with Gasteiger partial charge in [-0.25, -0.2) is 18.4 Å². The van der Waals surface area contributed by atoms with Crippen LogP contribution in [0.4, 0.5) is 8.78 Å². The van der Waals surface area contributed by atoms with Crippen molar-refractivity contribution in [1.29, 1.82) is 0 Å². The Morgan fingerprint density at radius 1 is 1.35 bits per heavy atom. The zero-order valence-electron chi connectivity index (χ0n) is 11.7. The fourth-order valence-corrected chi connectivity index (χ4v) is 2.30. The minimum absolute atomic E-state index is 0.0556. The number of ether oxygens (including phenoxy) is 1. The van der Waals surface area contributed by atoms with Gasteiger partial charge >= 0.3 is 0 Å². The zero-order valence-corrected chi connectivity index (χ0v) is 13.3. The summed E-state index contributed by atoms with van der Waals surface area (Å²) in [6.45, 7) is 0.275. The lowest BCUT2D eigenvalue weighted by molar-refractivity contribution is 0.120. The van der Waals surface area contributed by atoms with Gasteiger partial charge in [-0.1, -0.05) is 27.2 Å². The molecule has 0 aliphatic heterocycles. The van der Waals surface area contributed by atoms with E-state index in [1.165, 1.54) is 4.68 Å². The first-order chi connectivity index (χ1) is 11.1. The van der Waals surface area contributed by atoms with Gasteiger partial charge in [-0.15, -0.1) is 5.10 Å². The normalized spacial score (nSPS) is 11.1. The highest BCUT2D eigenvalue weighted by Gasteiger charge is 2.19. The zero-order chi connectivity index (χ0) is 16.2. The molecule has 0 aliphatic carbocycles. The molecule has 6 nitrogen and oxygen atoms in total. The van der Waals surface area contributed by atoms with E-state index in [1.54, 1.807) is 6.20 Å². The predicted octanol–water partition coefficient (Wildman–Crippen LogP) is 3.59. The van der Waals surface area contributed by atoms with Crippen LogP contribution >= 0.6 is 15.9 Å². The van der Waals surface area contributed by atoms with Crippen molar-refractivity contribution in [3.8, 4) is 5.75 Å². The molecule has 0 N–H and O–H groups in total. The van der Waals surface area contributed by atoms with Crippen LogP contribution in [0.3, 0.4) is 0 Å². The van der Waals surface area contributed by atoms with Crippen LogP contribution < -0.4 is 4.74 Å². The van der Waals surface area contributed by atoms with Crippen molar-refractivity contribution in [3.63, 3.8) is 0 Å². The van der Waals surface area contributed by atoms with E-state index in [1.807, 2.05) is 24.3 Å². The summed E-state index contributed by atoms with van der Waals surface area (Å²) in [5.41, 5.74) is 0.705. The first kappa shape index (κ1) is 15.6. The Morgan fingerprint density at radius 2 is 2.22 bits per heavy atom. The predicted molar refractivity (Wildman–Crippen MR) is 79.1 cm³/mol. The van der Waals surface area contributed by atoms with Gasteiger partial charge in [0.15, 0.2) is 12.2 Å². The molecular weight excluding hydrogens is 374 g/mol. The molecule has 23 heavy (non-hydrogen) atoms. The molecule has 0 unspecified atom stereocenters. The second-order valence-electron chi connectivity index (χ2n) is 4.62. The van der Waals surface area contributed by atoms with E-state index < -0.39 is 12.2 Å². The van der Waals surface area contributed by atoms with Gasteiger partial charge in [-0.05, 0) is 18.2 Å². The fraction of sp³-hybridized carbons (Fsp3) is 0.214. The highest BCUT2D eigenvalue weighted by Crippen LogP contribution is 2.22. The van der Waals surface area contributed by atoms with Crippen LogP contribution in [-0.2, 0) is 13.2 Å². The standard InChI is InChI=1S/C14H11BrF2N4O2/c15-9-2-1-3-11(4-9)22-7-10-5-21(20-19-10)6-12-13(14(16)17)23-8-18-12/h1-5,8,14H,6-7H2. The molecule has 3 rings (SSSR count). The van der Waals surface area contributed by atoms with Crippen molar-refractivity contribution in [2.75, 3.05) is 0 Å². The number of rotatable bonds is 6. The molecule has 1 aromatic carbocycles. The van der Waals surface area contributed by atoms with Gasteiger partial charge in [0.1, 0.15) is 23.7 Å². The molecule has 0 radical (unpaired) electrons. The quantitative estimate of drug-likeness (QED) is 0.649. The number of hydrogen-bond donors (Lipinski definition) is 0. The molecule has 120 valence electrons. The smallest absolute Gasteiger partial charge is 0.297 e. The number of oxazole rings is 1. The summed E-state index contributed by atoms with van der Waals surface area (Å²) in [4.78, 5) is 3.77. The summed E-state index contributed by atoms with van der Waals surface area (Å²) in [7, 11) is 0. The number of hydrogen-bond acceptors (Lipinski definition) is 5. The highest BCUT2D eigenvalue weighted by atomic mass is 79.9. The van der Waals surface area contributed by atoms with E-state index in [9.17, 15) is 8.78 Å².